The summed E-state index contributed by atoms with van der Waals surface area (Å²) in [5, 5.41) is 2.40. The lowest BCUT2D eigenvalue weighted by atomic mass is 10.0. The van der Waals surface area contributed by atoms with Crippen LogP contribution in [0, 0.1) is 6.92 Å². The van der Waals surface area contributed by atoms with E-state index in [1.165, 1.54) is 0 Å². The summed E-state index contributed by atoms with van der Waals surface area (Å²) in [7, 11) is 1.92. The predicted molar refractivity (Wildman–Crippen MR) is 120 cm³/mol. The first kappa shape index (κ1) is 20.2. The van der Waals surface area contributed by atoms with Crippen LogP contribution in [-0.2, 0) is 11.8 Å². The number of carbonyl (C=O) groups is 2. The van der Waals surface area contributed by atoms with Gasteiger partial charge in [-0.3, -0.25) is 0 Å². The number of esters is 2. The normalized spacial score (nSPS) is 11.1. The maximum absolute atomic E-state index is 12.8. The fraction of sp³-hybridized carbons (Fsp3) is 0.167. The number of halogens is 1. The number of ether oxygens (including phenoxy) is 2. The molecule has 0 saturated heterocycles. The van der Waals surface area contributed by atoms with Gasteiger partial charge in [0.15, 0.2) is 0 Å². The Morgan fingerprint density at radius 3 is 2.30 bits per heavy atom. The summed E-state index contributed by atoms with van der Waals surface area (Å²) >= 11 is 3.37. The smallest absolute Gasteiger partial charge is 0.343 e. The molecule has 0 fully saturated rings. The second-order valence-corrected chi connectivity index (χ2v) is 7.87. The molecule has 0 amide bonds. The molecule has 0 N–H and O–H groups in total. The molecular weight excluding hydrogens is 446 g/mol. The highest BCUT2D eigenvalue weighted by molar-refractivity contribution is 9.10. The minimum absolute atomic E-state index is 0.285. The Kier molecular flexibility index (Phi) is 5.35. The van der Waals surface area contributed by atoms with E-state index in [9.17, 15) is 9.59 Å². The molecule has 30 heavy (non-hydrogen) atoms. The zero-order valence-corrected chi connectivity index (χ0v) is 18.4. The van der Waals surface area contributed by atoms with E-state index in [4.69, 9.17) is 9.47 Å². The molecule has 0 bridgehead atoms. The van der Waals surface area contributed by atoms with Crippen molar-refractivity contribution in [3.05, 3.63) is 75.9 Å². The van der Waals surface area contributed by atoms with Crippen LogP contribution < -0.4 is 4.74 Å². The Bertz CT molecular complexity index is 1290. The van der Waals surface area contributed by atoms with Crippen LogP contribution in [0.5, 0.6) is 5.75 Å². The Labute approximate surface area is 182 Å². The lowest BCUT2D eigenvalue weighted by Gasteiger charge is -2.11. The number of benzene rings is 3. The molecule has 1 aromatic heterocycles. The van der Waals surface area contributed by atoms with E-state index in [2.05, 4.69) is 15.9 Å². The summed E-state index contributed by atoms with van der Waals surface area (Å²) in [6, 6.07) is 16.4. The van der Waals surface area contributed by atoms with Crippen LogP contribution in [0.1, 0.15) is 33.3 Å². The molecule has 152 valence electrons. The monoisotopic (exact) mass is 465 g/mol. The van der Waals surface area contributed by atoms with Gasteiger partial charge >= 0.3 is 11.9 Å². The van der Waals surface area contributed by atoms with Gasteiger partial charge in [-0.25, -0.2) is 9.59 Å². The molecule has 0 aliphatic carbocycles. The molecule has 6 heteroatoms. The van der Waals surface area contributed by atoms with Gasteiger partial charge in [-0.1, -0.05) is 40.2 Å². The van der Waals surface area contributed by atoms with Crippen LogP contribution in [0.2, 0.25) is 0 Å². The van der Waals surface area contributed by atoms with Crippen LogP contribution in [0.3, 0.4) is 0 Å². The van der Waals surface area contributed by atoms with Gasteiger partial charge in [-0.15, -0.1) is 0 Å². The van der Waals surface area contributed by atoms with Gasteiger partial charge < -0.3 is 14.0 Å². The number of aromatic nitrogens is 1. The highest BCUT2D eigenvalue weighted by Gasteiger charge is 2.23. The number of hydrogen-bond acceptors (Lipinski definition) is 4. The van der Waals surface area contributed by atoms with Gasteiger partial charge in [-0.05, 0) is 44.2 Å². The number of rotatable bonds is 4. The Morgan fingerprint density at radius 2 is 1.63 bits per heavy atom. The molecule has 0 aliphatic rings. The third kappa shape index (κ3) is 3.37. The van der Waals surface area contributed by atoms with E-state index >= 15 is 0 Å². The molecule has 0 atom stereocenters. The summed E-state index contributed by atoms with van der Waals surface area (Å²) in [6.45, 7) is 3.95. The molecule has 4 aromatic rings. The maximum Gasteiger partial charge on any atom is 0.343 e. The summed E-state index contributed by atoms with van der Waals surface area (Å²) in [4.78, 5) is 25.4. The third-order valence-corrected chi connectivity index (χ3v) is 5.74. The molecule has 0 radical (unpaired) electrons. The molecule has 0 saturated carbocycles. The van der Waals surface area contributed by atoms with Crippen molar-refractivity contribution in [2.24, 2.45) is 7.05 Å². The van der Waals surface area contributed by atoms with Gasteiger partial charge in [0.2, 0.25) is 0 Å². The molecule has 0 aliphatic heterocycles. The summed E-state index contributed by atoms with van der Waals surface area (Å²) in [6.07, 6.45) is 0. The predicted octanol–water partition coefficient (Wildman–Crippen LogP) is 5.80. The van der Waals surface area contributed by atoms with Crippen LogP contribution >= 0.6 is 15.9 Å². The first-order valence-corrected chi connectivity index (χ1v) is 10.4. The second kappa shape index (κ2) is 7.95. The van der Waals surface area contributed by atoms with E-state index in [1.807, 2.05) is 42.8 Å². The van der Waals surface area contributed by atoms with E-state index in [1.54, 1.807) is 37.3 Å². The first-order valence-electron chi connectivity index (χ1n) is 9.58. The van der Waals surface area contributed by atoms with Crippen molar-refractivity contribution in [3.63, 3.8) is 0 Å². The van der Waals surface area contributed by atoms with Crippen molar-refractivity contribution < 1.29 is 19.1 Å². The molecule has 1 heterocycles. The lowest BCUT2D eigenvalue weighted by molar-refractivity contribution is 0.0527. The van der Waals surface area contributed by atoms with Crippen molar-refractivity contribution in [1.29, 1.82) is 0 Å². The molecule has 3 aromatic carbocycles. The Morgan fingerprint density at radius 1 is 0.967 bits per heavy atom. The van der Waals surface area contributed by atoms with Crippen molar-refractivity contribution in [3.8, 4) is 5.75 Å². The second-order valence-electron chi connectivity index (χ2n) is 6.95. The largest absolute Gasteiger partial charge is 0.462 e. The van der Waals surface area contributed by atoms with Gasteiger partial charge in [0.25, 0.3) is 0 Å². The zero-order valence-electron chi connectivity index (χ0n) is 16.9. The topological polar surface area (TPSA) is 57.5 Å². The summed E-state index contributed by atoms with van der Waals surface area (Å²) in [5.74, 6) is -0.444. The third-order valence-electron chi connectivity index (χ3n) is 5.21. The van der Waals surface area contributed by atoms with Crippen molar-refractivity contribution in [2.75, 3.05) is 6.61 Å². The van der Waals surface area contributed by atoms with Crippen molar-refractivity contribution in [1.82, 2.24) is 4.57 Å². The SMILES string of the molecule is CCOC(=O)c1c(C)n(C)c2c1cc(OC(=O)c1ccc(Br)cc1)c1ccccc12. The number of carbonyl (C=O) groups excluding carboxylic acids is 2. The fourth-order valence-corrected chi connectivity index (χ4v) is 3.96. The van der Waals surface area contributed by atoms with Crippen LogP contribution in [0.25, 0.3) is 21.7 Å². The van der Waals surface area contributed by atoms with Gasteiger partial charge in [-0.2, -0.15) is 0 Å². The first-order chi connectivity index (χ1) is 14.4. The number of aryl methyl sites for hydroxylation is 1. The maximum atomic E-state index is 12.8. The number of hydrogen-bond donors (Lipinski definition) is 0. The Balaban J connectivity index is 1.92. The standard InChI is InChI=1S/C24H20BrNO4/c1-4-29-24(28)21-14(2)26(3)22-18-8-6-5-7-17(18)20(13-19(21)22)30-23(27)15-9-11-16(25)12-10-15/h5-13H,4H2,1-3H3. The van der Waals surface area contributed by atoms with Gasteiger partial charge in [0, 0.05) is 33.4 Å². The van der Waals surface area contributed by atoms with E-state index in [0.29, 0.717) is 22.3 Å². The average molecular weight is 466 g/mol. The van der Waals surface area contributed by atoms with Crippen molar-refractivity contribution >= 4 is 49.5 Å². The number of fused-ring (bicyclic) bond motifs is 3. The molecule has 4 rings (SSSR count). The fourth-order valence-electron chi connectivity index (χ4n) is 3.70. The van der Waals surface area contributed by atoms with Crippen LogP contribution in [-0.4, -0.2) is 23.1 Å². The Hall–Kier alpha value is -3.12. The minimum atomic E-state index is -0.461. The van der Waals surface area contributed by atoms with Gasteiger partial charge in [0.1, 0.15) is 5.75 Å². The van der Waals surface area contributed by atoms with E-state index in [0.717, 1.165) is 26.5 Å². The number of nitrogens with zero attached hydrogens (tertiary/aromatic N) is 1. The van der Waals surface area contributed by atoms with E-state index < -0.39 is 5.97 Å². The quantitative estimate of drug-likeness (QED) is 0.282. The van der Waals surface area contributed by atoms with Crippen LogP contribution in [0.4, 0.5) is 0 Å². The highest BCUT2D eigenvalue weighted by atomic mass is 79.9. The van der Waals surface area contributed by atoms with Gasteiger partial charge in [0.05, 0.1) is 23.3 Å². The summed E-state index contributed by atoms with van der Waals surface area (Å²) < 4.78 is 13.9. The molecule has 5 nitrogen and oxygen atoms in total. The van der Waals surface area contributed by atoms with E-state index in [-0.39, 0.29) is 12.6 Å². The minimum Gasteiger partial charge on any atom is -0.462 e. The molecule has 0 spiro atoms. The summed E-state index contributed by atoms with van der Waals surface area (Å²) in [5.41, 5.74) is 2.62. The molecule has 0 unspecified atom stereocenters. The van der Waals surface area contributed by atoms with Crippen LogP contribution in [0.15, 0.2) is 59.1 Å². The highest BCUT2D eigenvalue weighted by Crippen LogP contribution is 2.38. The zero-order chi connectivity index (χ0) is 21.4. The average Bonchev–Trinajstić information content (AvgIpc) is 2.99. The van der Waals surface area contributed by atoms with Crippen molar-refractivity contribution in [2.45, 2.75) is 13.8 Å². The lowest BCUT2D eigenvalue weighted by Crippen LogP contribution is -2.09. The molecular formula is C24H20BrNO4.